The summed E-state index contributed by atoms with van der Waals surface area (Å²) >= 11 is 0. The second-order valence-corrected chi connectivity index (χ2v) is 7.31. The summed E-state index contributed by atoms with van der Waals surface area (Å²) in [6, 6.07) is 16.5. The third kappa shape index (κ3) is 3.95. The molecule has 3 rings (SSSR count). The van der Waals surface area contributed by atoms with Crippen LogP contribution in [0.2, 0.25) is 0 Å². The van der Waals surface area contributed by atoms with E-state index in [0.717, 1.165) is 5.56 Å². The quantitative estimate of drug-likeness (QED) is 0.498. The topological polar surface area (TPSA) is 26.3 Å². The lowest BCUT2D eigenvalue weighted by atomic mass is 10.0. The molecule has 2 heteroatoms. The van der Waals surface area contributed by atoms with Crippen LogP contribution in [0, 0.1) is 13.8 Å². The molecule has 0 bridgehead atoms. The second-order valence-electron chi connectivity index (χ2n) is 7.31. The van der Waals surface area contributed by atoms with E-state index in [1.807, 2.05) is 12.1 Å². The third-order valence-corrected chi connectivity index (χ3v) is 5.14. The number of methoxy groups -OCH3 is 1. The smallest absolute Gasteiger partial charge is 0.337 e. The number of rotatable bonds is 4. The minimum atomic E-state index is -0.312. The summed E-state index contributed by atoms with van der Waals surface area (Å²) in [6.07, 6.45) is 4.23. The molecular weight excluding hydrogens is 332 g/mol. The van der Waals surface area contributed by atoms with Crippen LogP contribution in [0.4, 0.5) is 0 Å². The number of aryl methyl sites for hydroxylation is 1. The van der Waals surface area contributed by atoms with Gasteiger partial charge in [-0.1, -0.05) is 56.3 Å². The van der Waals surface area contributed by atoms with Crippen LogP contribution in [0.5, 0.6) is 0 Å². The fraction of sp³-hybridized carbons (Fsp3) is 0.240. The van der Waals surface area contributed by atoms with E-state index < -0.39 is 0 Å². The molecule has 0 amide bonds. The van der Waals surface area contributed by atoms with Crippen molar-refractivity contribution in [1.29, 1.82) is 0 Å². The van der Waals surface area contributed by atoms with Gasteiger partial charge in [0.15, 0.2) is 0 Å². The molecule has 1 aromatic rings. The van der Waals surface area contributed by atoms with Gasteiger partial charge in [-0.15, -0.1) is 0 Å². The second kappa shape index (κ2) is 7.79. The van der Waals surface area contributed by atoms with Crippen molar-refractivity contribution in [2.75, 3.05) is 7.11 Å². The molecule has 0 N–H and O–H groups in total. The van der Waals surface area contributed by atoms with Gasteiger partial charge in [0.2, 0.25) is 0 Å². The van der Waals surface area contributed by atoms with Gasteiger partial charge in [0, 0.05) is 0 Å². The molecule has 1 aromatic carbocycles. The lowest BCUT2D eigenvalue weighted by Crippen LogP contribution is -2.00. The van der Waals surface area contributed by atoms with E-state index in [0.29, 0.717) is 11.5 Å². The minimum Gasteiger partial charge on any atom is -0.465 e. The van der Waals surface area contributed by atoms with E-state index in [1.54, 1.807) is 12.1 Å². The van der Waals surface area contributed by atoms with Crippen LogP contribution < -0.4 is 0 Å². The average Bonchev–Trinajstić information content (AvgIpc) is 2.87. The summed E-state index contributed by atoms with van der Waals surface area (Å²) in [5.41, 5.74) is 9.42. The van der Waals surface area contributed by atoms with Crippen molar-refractivity contribution in [3.05, 3.63) is 81.9 Å². The average molecular weight is 358 g/mol. The zero-order chi connectivity index (χ0) is 19.6. The Hall–Kier alpha value is -2.87. The summed E-state index contributed by atoms with van der Waals surface area (Å²) in [4.78, 5) is 11.5. The Labute approximate surface area is 161 Å². The van der Waals surface area contributed by atoms with Crippen molar-refractivity contribution < 1.29 is 9.53 Å². The number of fused-ring (bicyclic) bond motifs is 1. The van der Waals surface area contributed by atoms with Gasteiger partial charge in [0.25, 0.3) is 0 Å². The molecule has 0 unspecified atom stereocenters. The number of hydrogen-bond acceptors (Lipinski definition) is 2. The van der Waals surface area contributed by atoms with Gasteiger partial charge in [-0.25, -0.2) is 4.79 Å². The number of esters is 1. The van der Waals surface area contributed by atoms with E-state index >= 15 is 0 Å². The number of hydrogen-bond donors (Lipinski definition) is 0. The van der Waals surface area contributed by atoms with Gasteiger partial charge in [0.05, 0.1) is 12.7 Å². The molecule has 138 valence electrons. The molecule has 0 atom stereocenters. The molecule has 2 nitrogen and oxygen atoms in total. The molecule has 0 aromatic heterocycles. The monoisotopic (exact) mass is 358 g/mol. The van der Waals surface area contributed by atoms with Crippen LogP contribution in [-0.2, 0) is 4.74 Å². The molecule has 27 heavy (non-hydrogen) atoms. The fourth-order valence-electron chi connectivity index (χ4n) is 3.30. The first-order chi connectivity index (χ1) is 12.9. The predicted molar refractivity (Wildman–Crippen MR) is 113 cm³/mol. The van der Waals surface area contributed by atoms with Gasteiger partial charge in [-0.2, -0.15) is 0 Å². The highest BCUT2D eigenvalue weighted by Gasteiger charge is 2.14. The van der Waals surface area contributed by atoms with Crippen LogP contribution >= 0.6 is 0 Å². The van der Waals surface area contributed by atoms with E-state index in [4.69, 9.17) is 4.74 Å². The van der Waals surface area contributed by atoms with Crippen molar-refractivity contribution in [3.8, 4) is 11.1 Å². The van der Waals surface area contributed by atoms with Crippen LogP contribution in [0.1, 0.15) is 57.9 Å². The van der Waals surface area contributed by atoms with Gasteiger partial charge >= 0.3 is 5.97 Å². The maximum Gasteiger partial charge on any atom is 0.337 e. The Kier molecular flexibility index (Phi) is 5.46. The Balaban J connectivity index is 1.96. The lowest BCUT2D eigenvalue weighted by Gasteiger charge is -2.03. The molecule has 0 saturated carbocycles. The molecule has 0 aliphatic heterocycles. The molecule has 0 radical (unpaired) electrons. The summed E-state index contributed by atoms with van der Waals surface area (Å²) < 4.78 is 4.74. The van der Waals surface area contributed by atoms with E-state index in [9.17, 15) is 4.79 Å². The summed E-state index contributed by atoms with van der Waals surface area (Å²) in [5.74, 6) is 0.189. The highest BCUT2D eigenvalue weighted by Crippen LogP contribution is 2.36. The van der Waals surface area contributed by atoms with Crippen molar-refractivity contribution in [2.24, 2.45) is 0 Å². The Morgan fingerprint density at radius 1 is 0.926 bits per heavy atom. The zero-order valence-corrected chi connectivity index (χ0v) is 16.7. The van der Waals surface area contributed by atoms with Gasteiger partial charge in [0.1, 0.15) is 0 Å². The standard InChI is InChI=1S/C25H26O2/c1-16(2)21-10-6-17(3)23-15-22(18(4)24(23)14-21)13-9-19-7-11-20(12-8-19)25(26)27-5/h6-16H,1-5H3/b13-9+. The van der Waals surface area contributed by atoms with Crippen LogP contribution in [0.15, 0.2) is 48.5 Å². The summed E-state index contributed by atoms with van der Waals surface area (Å²) in [7, 11) is 1.39. The Morgan fingerprint density at radius 2 is 1.63 bits per heavy atom. The number of ether oxygens (including phenoxy) is 1. The van der Waals surface area contributed by atoms with Gasteiger partial charge < -0.3 is 4.74 Å². The lowest BCUT2D eigenvalue weighted by molar-refractivity contribution is 0.0600. The fourth-order valence-corrected chi connectivity index (χ4v) is 3.30. The highest BCUT2D eigenvalue weighted by molar-refractivity contribution is 5.90. The molecule has 0 saturated heterocycles. The van der Waals surface area contributed by atoms with Crippen LogP contribution in [0.3, 0.4) is 0 Å². The summed E-state index contributed by atoms with van der Waals surface area (Å²) in [6.45, 7) is 8.82. The molecule has 0 heterocycles. The Bertz CT molecular complexity index is 962. The number of carbonyl (C=O) groups is 1. The van der Waals surface area contributed by atoms with Gasteiger partial charge in [-0.3, -0.25) is 0 Å². The molecule has 0 spiro atoms. The first kappa shape index (κ1) is 18.9. The molecule has 2 aliphatic carbocycles. The first-order valence-corrected chi connectivity index (χ1v) is 9.31. The highest BCUT2D eigenvalue weighted by atomic mass is 16.5. The third-order valence-electron chi connectivity index (χ3n) is 5.14. The van der Waals surface area contributed by atoms with E-state index in [2.05, 4.69) is 64.1 Å². The number of carbonyl (C=O) groups excluding carboxylic acids is 1. The van der Waals surface area contributed by atoms with E-state index in [-0.39, 0.29) is 5.97 Å². The van der Waals surface area contributed by atoms with Crippen molar-refractivity contribution in [3.63, 3.8) is 0 Å². The molecular formula is C25H26O2. The predicted octanol–water partition coefficient (Wildman–Crippen LogP) is 6.49. The molecule has 0 fully saturated rings. The van der Waals surface area contributed by atoms with Crippen LogP contribution in [-0.4, -0.2) is 13.1 Å². The minimum absolute atomic E-state index is 0.312. The first-order valence-electron chi connectivity index (χ1n) is 9.31. The molecule has 2 aliphatic rings. The van der Waals surface area contributed by atoms with E-state index in [1.165, 1.54) is 40.5 Å². The normalized spacial score (nSPS) is 11.5. The Morgan fingerprint density at radius 3 is 2.26 bits per heavy atom. The maximum absolute atomic E-state index is 11.5. The van der Waals surface area contributed by atoms with Crippen molar-refractivity contribution >= 4 is 18.1 Å². The van der Waals surface area contributed by atoms with Crippen molar-refractivity contribution in [1.82, 2.24) is 0 Å². The number of benzene rings is 1. The largest absolute Gasteiger partial charge is 0.465 e. The van der Waals surface area contributed by atoms with Crippen LogP contribution in [0.25, 0.3) is 23.3 Å². The van der Waals surface area contributed by atoms with Gasteiger partial charge in [-0.05, 0) is 76.9 Å². The zero-order valence-electron chi connectivity index (χ0n) is 16.7. The summed E-state index contributed by atoms with van der Waals surface area (Å²) in [5, 5.41) is 0. The van der Waals surface area contributed by atoms with Crippen molar-refractivity contribution in [2.45, 2.75) is 33.6 Å². The SMILES string of the molecule is COC(=O)c1ccc(/C=C/c2cc3c(C)ccc(C(C)C)cc-3c2C)cc1. The maximum atomic E-state index is 11.5.